The Hall–Kier alpha value is -0.790. The van der Waals surface area contributed by atoms with Crippen LogP contribution in [-0.4, -0.2) is 10.2 Å². The zero-order valence-electron chi connectivity index (χ0n) is 9.42. The summed E-state index contributed by atoms with van der Waals surface area (Å²) in [6, 6.07) is 2.08. The van der Waals surface area contributed by atoms with Crippen molar-refractivity contribution >= 4 is 0 Å². The molecule has 0 aliphatic carbocycles. The fraction of sp³-hybridized carbons (Fsp3) is 0.750. The molecule has 0 aliphatic rings. The van der Waals surface area contributed by atoms with Gasteiger partial charge in [0.25, 0.3) is 0 Å². The standard InChI is InChI=1S/C12H22N2/c1-3-4-5-6-7-8-11(2)12-9-10-13-14-12/h9-11H,3-8H2,1-2H3,(H,13,14). The smallest absolute Gasteiger partial charge is 0.0490 e. The second-order valence-electron chi connectivity index (χ2n) is 4.12. The second kappa shape index (κ2) is 6.63. The minimum Gasteiger partial charge on any atom is -0.282 e. The Bertz CT molecular complexity index is 216. The van der Waals surface area contributed by atoms with Crippen LogP contribution in [0.3, 0.4) is 0 Å². The van der Waals surface area contributed by atoms with Crippen molar-refractivity contribution in [2.75, 3.05) is 0 Å². The van der Waals surface area contributed by atoms with E-state index in [9.17, 15) is 0 Å². The van der Waals surface area contributed by atoms with Gasteiger partial charge in [-0.2, -0.15) is 5.10 Å². The summed E-state index contributed by atoms with van der Waals surface area (Å²) in [5.41, 5.74) is 1.28. The van der Waals surface area contributed by atoms with Gasteiger partial charge >= 0.3 is 0 Å². The van der Waals surface area contributed by atoms with Gasteiger partial charge in [0.2, 0.25) is 0 Å². The van der Waals surface area contributed by atoms with Crippen LogP contribution in [0.4, 0.5) is 0 Å². The number of unbranched alkanes of at least 4 members (excludes halogenated alkanes) is 4. The molecule has 1 aromatic rings. The zero-order chi connectivity index (χ0) is 10.2. The highest BCUT2D eigenvalue weighted by Gasteiger charge is 2.05. The lowest BCUT2D eigenvalue weighted by molar-refractivity contribution is 0.559. The first-order valence-electron chi connectivity index (χ1n) is 5.84. The number of aromatic nitrogens is 2. The van der Waals surface area contributed by atoms with Gasteiger partial charge in [-0.15, -0.1) is 0 Å². The van der Waals surface area contributed by atoms with Gasteiger partial charge in [-0.25, -0.2) is 0 Å². The van der Waals surface area contributed by atoms with Crippen LogP contribution < -0.4 is 0 Å². The van der Waals surface area contributed by atoms with Crippen molar-refractivity contribution in [2.24, 2.45) is 0 Å². The average Bonchev–Trinajstić information content (AvgIpc) is 2.70. The average molecular weight is 194 g/mol. The molecule has 0 aliphatic heterocycles. The maximum Gasteiger partial charge on any atom is 0.0490 e. The molecule has 1 heterocycles. The van der Waals surface area contributed by atoms with Gasteiger partial charge in [0.1, 0.15) is 0 Å². The topological polar surface area (TPSA) is 28.7 Å². The van der Waals surface area contributed by atoms with Crippen molar-refractivity contribution in [3.8, 4) is 0 Å². The van der Waals surface area contributed by atoms with Gasteiger partial charge in [0.15, 0.2) is 0 Å². The fourth-order valence-corrected chi connectivity index (χ4v) is 1.75. The molecule has 1 rings (SSSR count). The molecule has 0 amide bonds. The minimum atomic E-state index is 0.638. The van der Waals surface area contributed by atoms with E-state index in [1.807, 2.05) is 6.20 Å². The Balaban J connectivity index is 2.07. The number of nitrogens with one attached hydrogen (secondary N) is 1. The SMILES string of the molecule is CCCCCCCC(C)c1ccn[nH]1. The van der Waals surface area contributed by atoms with Crippen LogP contribution in [0.1, 0.15) is 64.0 Å². The van der Waals surface area contributed by atoms with Crippen LogP contribution in [-0.2, 0) is 0 Å². The first kappa shape index (κ1) is 11.3. The molecule has 1 unspecified atom stereocenters. The minimum absolute atomic E-state index is 0.638. The van der Waals surface area contributed by atoms with Crippen LogP contribution >= 0.6 is 0 Å². The number of hydrogen-bond acceptors (Lipinski definition) is 1. The lowest BCUT2D eigenvalue weighted by Crippen LogP contribution is -1.94. The Morgan fingerprint density at radius 2 is 2.07 bits per heavy atom. The molecule has 1 atom stereocenters. The molecule has 0 aromatic carbocycles. The van der Waals surface area contributed by atoms with E-state index in [0.29, 0.717) is 5.92 Å². The lowest BCUT2D eigenvalue weighted by atomic mass is 9.99. The Labute approximate surface area is 87.1 Å². The largest absolute Gasteiger partial charge is 0.282 e. The quantitative estimate of drug-likeness (QED) is 0.656. The molecule has 14 heavy (non-hydrogen) atoms. The number of hydrogen-bond donors (Lipinski definition) is 1. The predicted molar refractivity (Wildman–Crippen MR) is 60.4 cm³/mol. The van der Waals surface area contributed by atoms with Crippen LogP contribution in [0.5, 0.6) is 0 Å². The normalized spacial score (nSPS) is 13.0. The predicted octanol–water partition coefficient (Wildman–Crippen LogP) is 3.87. The van der Waals surface area contributed by atoms with Crippen molar-refractivity contribution in [3.05, 3.63) is 18.0 Å². The summed E-state index contributed by atoms with van der Waals surface area (Å²) in [5.74, 6) is 0.638. The van der Waals surface area contributed by atoms with E-state index in [-0.39, 0.29) is 0 Å². The monoisotopic (exact) mass is 194 g/mol. The van der Waals surface area contributed by atoms with E-state index in [1.165, 1.54) is 44.2 Å². The molecular formula is C12H22N2. The van der Waals surface area contributed by atoms with Crippen LogP contribution in [0.25, 0.3) is 0 Å². The molecule has 2 heteroatoms. The van der Waals surface area contributed by atoms with Gasteiger partial charge in [0, 0.05) is 11.9 Å². The van der Waals surface area contributed by atoms with Gasteiger partial charge in [-0.05, 0) is 18.4 Å². The third-order valence-corrected chi connectivity index (χ3v) is 2.79. The molecule has 0 fully saturated rings. The fourth-order valence-electron chi connectivity index (χ4n) is 1.75. The summed E-state index contributed by atoms with van der Waals surface area (Å²) in [7, 11) is 0. The first-order valence-corrected chi connectivity index (χ1v) is 5.84. The second-order valence-corrected chi connectivity index (χ2v) is 4.12. The van der Waals surface area contributed by atoms with Gasteiger partial charge in [0.05, 0.1) is 0 Å². The molecule has 1 N–H and O–H groups in total. The Morgan fingerprint density at radius 3 is 2.71 bits per heavy atom. The maximum absolute atomic E-state index is 3.98. The number of nitrogens with zero attached hydrogens (tertiary/aromatic N) is 1. The number of aromatic amines is 1. The van der Waals surface area contributed by atoms with Crippen molar-refractivity contribution in [1.29, 1.82) is 0 Å². The summed E-state index contributed by atoms with van der Waals surface area (Å²) in [4.78, 5) is 0. The molecular weight excluding hydrogens is 172 g/mol. The van der Waals surface area contributed by atoms with Crippen LogP contribution in [0, 0.1) is 0 Å². The first-order chi connectivity index (χ1) is 6.84. The highest BCUT2D eigenvalue weighted by Crippen LogP contribution is 2.19. The maximum atomic E-state index is 3.98. The molecule has 0 radical (unpaired) electrons. The summed E-state index contributed by atoms with van der Waals surface area (Å²) in [6.45, 7) is 4.53. The molecule has 0 saturated carbocycles. The van der Waals surface area contributed by atoms with E-state index >= 15 is 0 Å². The summed E-state index contributed by atoms with van der Waals surface area (Å²) < 4.78 is 0. The number of H-pyrrole nitrogens is 1. The number of rotatable bonds is 7. The zero-order valence-corrected chi connectivity index (χ0v) is 9.42. The van der Waals surface area contributed by atoms with E-state index in [1.54, 1.807) is 0 Å². The van der Waals surface area contributed by atoms with Crippen molar-refractivity contribution in [2.45, 2.75) is 58.3 Å². The van der Waals surface area contributed by atoms with Gasteiger partial charge in [-0.3, -0.25) is 5.10 Å². The molecule has 0 bridgehead atoms. The van der Waals surface area contributed by atoms with E-state index in [0.717, 1.165) is 0 Å². The van der Waals surface area contributed by atoms with Crippen molar-refractivity contribution < 1.29 is 0 Å². The molecule has 2 nitrogen and oxygen atoms in total. The van der Waals surface area contributed by atoms with Crippen LogP contribution in [0.15, 0.2) is 12.3 Å². The Morgan fingerprint density at radius 1 is 1.29 bits per heavy atom. The third kappa shape index (κ3) is 3.95. The summed E-state index contributed by atoms with van der Waals surface area (Å²) in [5, 5.41) is 7.01. The highest BCUT2D eigenvalue weighted by atomic mass is 15.1. The summed E-state index contributed by atoms with van der Waals surface area (Å²) in [6.07, 6.45) is 9.96. The van der Waals surface area contributed by atoms with Gasteiger partial charge in [-0.1, -0.05) is 46.0 Å². The molecule has 0 spiro atoms. The van der Waals surface area contributed by atoms with E-state index < -0.39 is 0 Å². The van der Waals surface area contributed by atoms with Crippen LogP contribution in [0.2, 0.25) is 0 Å². The van der Waals surface area contributed by atoms with Crippen molar-refractivity contribution in [3.63, 3.8) is 0 Å². The van der Waals surface area contributed by atoms with E-state index in [4.69, 9.17) is 0 Å². The Kier molecular flexibility index (Phi) is 5.35. The van der Waals surface area contributed by atoms with Crippen molar-refractivity contribution in [1.82, 2.24) is 10.2 Å². The van der Waals surface area contributed by atoms with E-state index in [2.05, 4.69) is 30.1 Å². The molecule has 1 aromatic heterocycles. The lowest BCUT2D eigenvalue weighted by Gasteiger charge is -2.08. The third-order valence-electron chi connectivity index (χ3n) is 2.79. The highest BCUT2D eigenvalue weighted by molar-refractivity contribution is 5.03. The molecule has 80 valence electrons. The van der Waals surface area contributed by atoms with Gasteiger partial charge < -0.3 is 0 Å². The summed E-state index contributed by atoms with van der Waals surface area (Å²) >= 11 is 0. The molecule has 0 saturated heterocycles.